The van der Waals surface area contributed by atoms with Crippen molar-refractivity contribution in [2.75, 3.05) is 32.8 Å². The summed E-state index contributed by atoms with van der Waals surface area (Å²) in [6.07, 6.45) is 6.65. The second kappa shape index (κ2) is 7.17. The Bertz CT molecular complexity index is 928. The first-order chi connectivity index (χ1) is 14.1. The van der Waals surface area contributed by atoms with Crippen molar-refractivity contribution < 1.29 is 14.7 Å². The van der Waals surface area contributed by atoms with Gasteiger partial charge in [0.05, 0.1) is 11.5 Å². The van der Waals surface area contributed by atoms with Crippen LogP contribution in [-0.2, 0) is 4.79 Å². The van der Waals surface area contributed by atoms with E-state index in [9.17, 15) is 14.7 Å². The van der Waals surface area contributed by atoms with Gasteiger partial charge in [0.1, 0.15) is 0 Å². The summed E-state index contributed by atoms with van der Waals surface area (Å²) in [5.41, 5.74) is 1.96. The predicted octanol–water partition coefficient (Wildman–Crippen LogP) is 2.64. The molecule has 154 valence electrons. The Balaban J connectivity index is 1.24. The Morgan fingerprint density at radius 1 is 1.14 bits per heavy atom. The number of hydrogen-bond acceptors (Lipinski definition) is 3. The highest BCUT2D eigenvalue weighted by atomic mass is 16.3. The van der Waals surface area contributed by atoms with E-state index in [1.54, 1.807) is 6.20 Å². The molecule has 2 aromatic rings. The van der Waals surface area contributed by atoms with Crippen LogP contribution in [0.25, 0.3) is 10.9 Å². The van der Waals surface area contributed by atoms with Crippen LogP contribution >= 0.6 is 0 Å². The summed E-state index contributed by atoms with van der Waals surface area (Å²) in [7, 11) is 0. The molecular formula is C23H29N3O3. The van der Waals surface area contributed by atoms with E-state index < -0.39 is 0 Å². The summed E-state index contributed by atoms with van der Waals surface area (Å²) in [5, 5.41) is 10.3. The van der Waals surface area contributed by atoms with Gasteiger partial charge in [-0.1, -0.05) is 18.2 Å². The second-order valence-corrected chi connectivity index (χ2v) is 9.11. The number of nitrogens with zero attached hydrogens (tertiary/aromatic N) is 2. The number of rotatable bonds is 3. The van der Waals surface area contributed by atoms with Crippen LogP contribution < -0.4 is 0 Å². The lowest BCUT2D eigenvalue weighted by Gasteiger charge is -2.38. The number of aliphatic hydroxyl groups excluding tert-OH is 1. The minimum absolute atomic E-state index is 0.0151. The Morgan fingerprint density at radius 2 is 1.93 bits per heavy atom. The number of nitrogens with one attached hydrogen (secondary N) is 1. The van der Waals surface area contributed by atoms with Crippen LogP contribution in [0.3, 0.4) is 0 Å². The van der Waals surface area contributed by atoms with Crippen molar-refractivity contribution in [2.24, 2.45) is 17.3 Å². The average Bonchev–Trinajstić information content (AvgIpc) is 3.27. The molecule has 6 nitrogen and oxygen atoms in total. The summed E-state index contributed by atoms with van der Waals surface area (Å²) in [6.45, 7) is 3.09. The van der Waals surface area contributed by atoms with Gasteiger partial charge in [-0.15, -0.1) is 0 Å². The van der Waals surface area contributed by atoms with E-state index in [-0.39, 0.29) is 24.3 Å². The summed E-state index contributed by atoms with van der Waals surface area (Å²) in [6, 6.07) is 7.83. The largest absolute Gasteiger partial charge is 0.396 e. The quantitative estimate of drug-likeness (QED) is 0.839. The highest BCUT2D eigenvalue weighted by molar-refractivity contribution is 6.06. The van der Waals surface area contributed by atoms with E-state index in [0.717, 1.165) is 56.1 Å². The van der Waals surface area contributed by atoms with Gasteiger partial charge in [0, 0.05) is 49.9 Å². The lowest BCUT2D eigenvalue weighted by atomic mass is 9.89. The zero-order valence-electron chi connectivity index (χ0n) is 16.8. The van der Waals surface area contributed by atoms with Gasteiger partial charge in [0.25, 0.3) is 5.91 Å². The molecule has 2 amide bonds. The predicted molar refractivity (Wildman–Crippen MR) is 110 cm³/mol. The third-order valence-corrected chi connectivity index (χ3v) is 7.53. The van der Waals surface area contributed by atoms with Crippen molar-refractivity contribution in [1.29, 1.82) is 0 Å². The first-order valence-corrected chi connectivity index (χ1v) is 10.9. The minimum atomic E-state index is -0.0974. The topological polar surface area (TPSA) is 76.6 Å². The molecule has 29 heavy (non-hydrogen) atoms. The van der Waals surface area contributed by atoms with Crippen molar-refractivity contribution in [1.82, 2.24) is 14.8 Å². The first kappa shape index (κ1) is 18.7. The Morgan fingerprint density at radius 3 is 2.69 bits per heavy atom. The number of carbonyl (C=O) groups is 2. The van der Waals surface area contributed by atoms with Gasteiger partial charge in [0.2, 0.25) is 5.91 Å². The molecule has 2 aliphatic heterocycles. The van der Waals surface area contributed by atoms with Crippen LogP contribution in [0.5, 0.6) is 0 Å². The van der Waals surface area contributed by atoms with Crippen LogP contribution in [-0.4, -0.2) is 64.5 Å². The number of hydrogen-bond donors (Lipinski definition) is 2. The number of carbonyl (C=O) groups excluding carboxylic acids is 2. The lowest BCUT2D eigenvalue weighted by Crippen LogP contribution is -2.49. The third-order valence-electron chi connectivity index (χ3n) is 7.53. The maximum Gasteiger partial charge on any atom is 0.256 e. The van der Waals surface area contributed by atoms with E-state index in [1.807, 2.05) is 34.1 Å². The standard InChI is InChI=1S/C23H29N3O3/c27-15-17-12-23(17)7-10-25(11-8-23)21(28)16-4-3-9-26(14-16)22(29)19-13-24-20-6-2-1-5-18(19)20/h1-2,5-6,13,16-17,24,27H,3-4,7-12,14-15H2. The number of fused-ring (bicyclic) bond motifs is 1. The van der Waals surface area contributed by atoms with Gasteiger partial charge < -0.3 is 19.9 Å². The summed E-state index contributed by atoms with van der Waals surface area (Å²) >= 11 is 0. The van der Waals surface area contributed by atoms with Crippen LogP contribution in [0.4, 0.5) is 0 Å². The van der Waals surface area contributed by atoms with E-state index in [1.165, 1.54) is 0 Å². The van der Waals surface area contributed by atoms with Gasteiger partial charge in [-0.3, -0.25) is 9.59 Å². The minimum Gasteiger partial charge on any atom is -0.396 e. The molecule has 3 heterocycles. The number of piperidine rings is 2. The van der Waals surface area contributed by atoms with Gasteiger partial charge in [-0.25, -0.2) is 0 Å². The molecular weight excluding hydrogens is 366 g/mol. The van der Waals surface area contributed by atoms with E-state index in [2.05, 4.69) is 4.98 Å². The molecule has 3 aliphatic rings. The van der Waals surface area contributed by atoms with Crippen LogP contribution in [0.1, 0.15) is 42.5 Å². The molecule has 2 N–H and O–H groups in total. The summed E-state index contributed by atoms with van der Waals surface area (Å²) in [4.78, 5) is 33.3. The van der Waals surface area contributed by atoms with Crippen molar-refractivity contribution in [2.45, 2.75) is 32.1 Å². The molecule has 0 bridgehead atoms. The van der Waals surface area contributed by atoms with Crippen LogP contribution in [0, 0.1) is 17.3 Å². The maximum absolute atomic E-state index is 13.1. The molecule has 3 fully saturated rings. The average molecular weight is 396 g/mol. The summed E-state index contributed by atoms with van der Waals surface area (Å²) < 4.78 is 0. The van der Waals surface area contributed by atoms with Crippen LogP contribution in [0.15, 0.2) is 30.5 Å². The molecule has 5 rings (SSSR count). The fourth-order valence-corrected chi connectivity index (χ4v) is 5.51. The van der Waals surface area contributed by atoms with E-state index in [0.29, 0.717) is 30.0 Å². The monoisotopic (exact) mass is 395 g/mol. The number of aromatic amines is 1. The molecule has 1 aromatic carbocycles. The zero-order valence-corrected chi connectivity index (χ0v) is 16.8. The molecule has 6 heteroatoms. The molecule has 1 spiro atoms. The lowest BCUT2D eigenvalue weighted by molar-refractivity contribution is -0.138. The Labute approximate surface area is 170 Å². The van der Waals surface area contributed by atoms with Crippen molar-refractivity contribution in [3.8, 4) is 0 Å². The smallest absolute Gasteiger partial charge is 0.256 e. The van der Waals surface area contributed by atoms with Gasteiger partial charge >= 0.3 is 0 Å². The molecule has 2 unspecified atom stereocenters. The zero-order chi connectivity index (χ0) is 20.0. The SMILES string of the molecule is O=C(c1c[nH]c2ccccc12)N1CCCC(C(=O)N2CCC3(CC2)CC3CO)C1. The first-order valence-electron chi connectivity index (χ1n) is 10.9. The fraction of sp³-hybridized carbons (Fsp3) is 0.565. The molecule has 1 aliphatic carbocycles. The molecule has 1 saturated carbocycles. The normalized spacial score (nSPS) is 26.1. The Hall–Kier alpha value is -2.34. The highest BCUT2D eigenvalue weighted by Crippen LogP contribution is 2.59. The van der Waals surface area contributed by atoms with Crippen molar-refractivity contribution >= 4 is 22.7 Å². The number of likely N-dealkylation sites (tertiary alicyclic amines) is 2. The van der Waals surface area contributed by atoms with Crippen LogP contribution in [0.2, 0.25) is 0 Å². The number of H-pyrrole nitrogens is 1. The van der Waals surface area contributed by atoms with E-state index >= 15 is 0 Å². The fourth-order valence-electron chi connectivity index (χ4n) is 5.51. The maximum atomic E-state index is 13.1. The number of amides is 2. The highest BCUT2D eigenvalue weighted by Gasteiger charge is 2.54. The molecule has 0 radical (unpaired) electrons. The number of benzene rings is 1. The second-order valence-electron chi connectivity index (χ2n) is 9.11. The van der Waals surface area contributed by atoms with Gasteiger partial charge in [-0.05, 0) is 49.5 Å². The number of para-hydroxylation sites is 1. The molecule has 2 atom stereocenters. The summed E-state index contributed by atoms with van der Waals surface area (Å²) in [5.74, 6) is 0.567. The van der Waals surface area contributed by atoms with Crippen molar-refractivity contribution in [3.05, 3.63) is 36.0 Å². The van der Waals surface area contributed by atoms with Crippen molar-refractivity contribution in [3.63, 3.8) is 0 Å². The van der Waals surface area contributed by atoms with Gasteiger partial charge in [0.15, 0.2) is 0 Å². The van der Waals surface area contributed by atoms with Gasteiger partial charge in [-0.2, -0.15) is 0 Å². The molecule has 1 aromatic heterocycles. The Kier molecular flexibility index (Phi) is 4.62. The molecule has 2 saturated heterocycles. The third kappa shape index (κ3) is 3.23. The number of aromatic nitrogens is 1. The van der Waals surface area contributed by atoms with E-state index in [4.69, 9.17) is 0 Å². The number of aliphatic hydroxyl groups is 1.